The Labute approximate surface area is 149 Å². The maximum Gasteiger partial charge on any atom is 0.259 e. The molecule has 0 saturated heterocycles. The Morgan fingerprint density at radius 1 is 1.32 bits per heavy atom. The van der Waals surface area contributed by atoms with Gasteiger partial charge in [-0.15, -0.1) is 10.2 Å². The molecule has 2 N–H and O–H groups in total. The molecule has 0 spiro atoms. The summed E-state index contributed by atoms with van der Waals surface area (Å²) in [4.78, 5) is 16.2. The van der Waals surface area contributed by atoms with Gasteiger partial charge in [-0.2, -0.15) is 0 Å². The molecule has 7 heteroatoms. The minimum absolute atomic E-state index is 0.137. The van der Waals surface area contributed by atoms with Crippen molar-refractivity contribution < 1.29 is 9.53 Å². The monoisotopic (exact) mass is 356 g/mol. The second kappa shape index (κ2) is 6.57. The van der Waals surface area contributed by atoms with E-state index in [1.54, 1.807) is 7.11 Å². The van der Waals surface area contributed by atoms with Gasteiger partial charge in [0.15, 0.2) is 0 Å². The number of amides is 1. The second-order valence-electron chi connectivity index (χ2n) is 6.29. The number of nitrogens with zero attached hydrogens (tertiary/aromatic N) is 2. The van der Waals surface area contributed by atoms with Crippen LogP contribution >= 0.6 is 11.3 Å². The van der Waals surface area contributed by atoms with Gasteiger partial charge in [-0.1, -0.05) is 23.5 Å². The number of para-hydroxylation sites is 1. The van der Waals surface area contributed by atoms with Gasteiger partial charge in [0.05, 0.1) is 11.1 Å². The third-order valence-electron chi connectivity index (χ3n) is 4.74. The maximum absolute atomic E-state index is 12.8. The number of nitrogens with one attached hydrogen (secondary N) is 2. The highest BCUT2D eigenvalue weighted by Crippen LogP contribution is 2.31. The highest BCUT2D eigenvalue weighted by atomic mass is 32.1. The van der Waals surface area contributed by atoms with Crippen molar-refractivity contribution in [1.29, 1.82) is 0 Å². The van der Waals surface area contributed by atoms with Crippen molar-refractivity contribution in [3.8, 4) is 0 Å². The number of aromatic amines is 1. The van der Waals surface area contributed by atoms with Crippen molar-refractivity contribution >= 4 is 33.3 Å². The minimum atomic E-state index is -0.169. The number of ether oxygens (including phenoxy) is 1. The van der Waals surface area contributed by atoms with E-state index in [0.717, 1.165) is 28.8 Å². The van der Waals surface area contributed by atoms with Gasteiger partial charge < -0.3 is 9.72 Å². The molecule has 1 aromatic carbocycles. The van der Waals surface area contributed by atoms with Crippen molar-refractivity contribution in [1.82, 2.24) is 15.2 Å². The Bertz CT molecular complexity index is 930. The number of carbonyl (C=O) groups excluding carboxylic acids is 1. The number of aromatic nitrogens is 3. The SMILES string of the molecule is COC(C)c1nnc(NC(=O)c2cccc3c4c([nH]c23)CCCC4)s1. The number of H-pyrrole nitrogens is 1. The molecule has 1 unspecified atom stereocenters. The van der Waals surface area contributed by atoms with Crippen LogP contribution in [0.15, 0.2) is 18.2 Å². The van der Waals surface area contributed by atoms with Crippen LogP contribution in [0, 0.1) is 0 Å². The van der Waals surface area contributed by atoms with E-state index in [1.165, 1.54) is 35.4 Å². The summed E-state index contributed by atoms with van der Waals surface area (Å²) in [7, 11) is 1.62. The number of hydrogen-bond donors (Lipinski definition) is 2. The van der Waals surface area contributed by atoms with Crippen LogP contribution in [0.5, 0.6) is 0 Å². The summed E-state index contributed by atoms with van der Waals surface area (Å²) in [6.45, 7) is 1.90. The Hall–Kier alpha value is -2.25. The van der Waals surface area contributed by atoms with Crippen LogP contribution in [0.1, 0.15) is 52.5 Å². The molecule has 3 aromatic rings. The van der Waals surface area contributed by atoms with Gasteiger partial charge in [0, 0.05) is 18.2 Å². The van der Waals surface area contributed by atoms with Crippen molar-refractivity contribution in [2.24, 2.45) is 0 Å². The van der Waals surface area contributed by atoms with Crippen LogP contribution in [0.3, 0.4) is 0 Å². The highest BCUT2D eigenvalue weighted by molar-refractivity contribution is 7.15. The van der Waals surface area contributed by atoms with Crippen molar-refractivity contribution in [3.05, 3.63) is 40.0 Å². The first-order valence-corrected chi connectivity index (χ1v) is 9.29. The van der Waals surface area contributed by atoms with Gasteiger partial charge in [0.2, 0.25) is 5.13 Å². The fourth-order valence-corrected chi connectivity index (χ4v) is 4.10. The third kappa shape index (κ3) is 2.94. The van der Waals surface area contributed by atoms with Crippen LogP contribution < -0.4 is 5.32 Å². The smallest absolute Gasteiger partial charge is 0.259 e. The molecule has 0 fully saturated rings. The molecule has 0 aliphatic heterocycles. The number of rotatable bonds is 4. The quantitative estimate of drug-likeness (QED) is 0.744. The number of carbonyl (C=O) groups is 1. The highest BCUT2D eigenvalue weighted by Gasteiger charge is 2.20. The normalized spacial score (nSPS) is 15.1. The van der Waals surface area contributed by atoms with E-state index >= 15 is 0 Å². The molecule has 0 bridgehead atoms. The molecule has 2 aromatic heterocycles. The van der Waals surface area contributed by atoms with E-state index < -0.39 is 0 Å². The summed E-state index contributed by atoms with van der Waals surface area (Å²) in [6.07, 6.45) is 4.41. The molecule has 4 rings (SSSR count). The molecule has 6 nitrogen and oxygen atoms in total. The molecular formula is C18H20N4O2S. The summed E-state index contributed by atoms with van der Waals surface area (Å²) in [5.74, 6) is -0.169. The number of fused-ring (bicyclic) bond motifs is 3. The van der Waals surface area contributed by atoms with E-state index in [1.807, 2.05) is 19.1 Å². The number of aryl methyl sites for hydroxylation is 2. The number of hydrogen-bond acceptors (Lipinski definition) is 5. The first-order chi connectivity index (χ1) is 12.2. The van der Waals surface area contributed by atoms with E-state index in [2.05, 4.69) is 26.6 Å². The molecule has 1 amide bonds. The molecule has 130 valence electrons. The molecule has 0 radical (unpaired) electrons. The Morgan fingerprint density at radius 3 is 3.00 bits per heavy atom. The molecule has 25 heavy (non-hydrogen) atoms. The van der Waals surface area contributed by atoms with E-state index in [-0.39, 0.29) is 12.0 Å². The number of methoxy groups -OCH3 is 1. The van der Waals surface area contributed by atoms with Crippen LogP contribution in [-0.4, -0.2) is 28.2 Å². The lowest BCUT2D eigenvalue weighted by molar-refractivity contribution is 0.102. The van der Waals surface area contributed by atoms with Crippen LogP contribution in [0.25, 0.3) is 10.9 Å². The molecule has 2 heterocycles. The number of benzene rings is 1. The second-order valence-corrected chi connectivity index (χ2v) is 7.30. The zero-order valence-corrected chi connectivity index (χ0v) is 15.1. The van der Waals surface area contributed by atoms with E-state index in [0.29, 0.717) is 10.7 Å². The molecular weight excluding hydrogens is 336 g/mol. The summed E-state index contributed by atoms with van der Waals surface area (Å²) in [6, 6.07) is 5.88. The van der Waals surface area contributed by atoms with Crippen LogP contribution in [0.2, 0.25) is 0 Å². The van der Waals surface area contributed by atoms with Crippen molar-refractivity contribution in [2.45, 2.75) is 38.7 Å². The third-order valence-corrected chi connectivity index (χ3v) is 5.74. The Kier molecular flexibility index (Phi) is 4.27. The van der Waals surface area contributed by atoms with E-state index in [4.69, 9.17) is 4.74 Å². The zero-order valence-electron chi connectivity index (χ0n) is 14.3. The predicted molar refractivity (Wildman–Crippen MR) is 98.2 cm³/mol. The van der Waals surface area contributed by atoms with E-state index in [9.17, 15) is 4.79 Å². The standard InChI is InChI=1S/C18H20N4O2S/c1-10(24-2)17-21-22-18(25-17)20-16(23)13-8-5-7-12-11-6-3-4-9-14(11)19-15(12)13/h5,7-8,10,19H,3-4,6,9H2,1-2H3,(H,20,22,23). The Balaban J connectivity index is 1.64. The molecule has 0 saturated carbocycles. The summed E-state index contributed by atoms with van der Waals surface area (Å²) >= 11 is 1.33. The number of anilines is 1. The lowest BCUT2D eigenvalue weighted by atomic mass is 9.95. The minimum Gasteiger partial charge on any atom is -0.374 e. The average Bonchev–Trinajstić information content (AvgIpc) is 3.25. The van der Waals surface area contributed by atoms with Gasteiger partial charge >= 0.3 is 0 Å². The first kappa shape index (κ1) is 16.2. The predicted octanol–water partition coefficient (Wildman–Crippen LogP) is 3.86. The summed E-state index contributed by atoms with van der Waals surface area (Å²) in [5, 5.41) is 13.4. The first-order valence-electron chi connectivity index (χ1n) is 8.47. The van der Waals surface area contributed by atoms with Gasteiger partial charge in [-0.3, -0.25) is 10.1 Å². The molecule has 1 atom stereocenters. The van der Waals surface area contributed by atoms with Gasteiger partial charge in [0.1, 0.15) is 11.1 Å². The Morgan fingerprint density at radius 2 is 2.16 bits per heavy atom. The van der Waals surface area contributed by atoms with Gasteiger partial charge in [0.25, 0.3) is 5.91 Å². The summed E-state index contributed by atoms with van der Waals surface area (Å²) < 4.78 is 5.23. The van der Waals surface area contributed by atoms with Crippen molar-refractivity contribution in [2.75, 3.05) is 12.4 Å². The zero-order chi connectivity index (χ0) is 17.4. The molecule has 1 aliphatic carbocycles. The fourth-order valence-electron chi connectivity index (χ4n) is 3.33. The average molecular weight is 356 g/mol. The maximum atomic E-state index is 12.8. The lowest BCUT2D eigenvalue weighted by Gasteiger charge is -2.10. The van der Waals surface area contributed by atoms with Gasteiger partial charge in [-0.05, 0) is 44.2 Å². The fraction of sp³-hybridized carbons (Fsp3) is 0.389. The largest absolute Gasteiger partial charge is 0.374 e. The topological polar surface area (TPSA) is 79.9 Å². The summed E-state index contributed by atoms with van der Waals surface area (Å²) in [5.41, 5.74) is 4.20. The van der Waals surface area contributed by atoms with Gasteiger partial charge in [-0.25, -0.2) is 0 Å². The van der Waals surface area contributed by atoms with Crippen LogP contribution in [0.4, 0.5) is 5.13 Å². The lowest BCUT2D eigenvalue weighted by Crippen LogP contribution is -2.12. The van der Waals surface area contributed by atoms with Crippen LogP contribution in [-0.2, 0) is 17.6 Å². The molecule has 1 aliphatic rings. The van der Waals surface area contributed by atoms with Crippen molar-refractivity contribution in [3.63, 3.8) is 0 Å².